The van der Waals surface area contributed by atoms with Crippen molar-refractivity contribution in [2.45, 2.75) is 6.42 Å². The van der Waals surface area contributed by atoms with Gasteiger partial charge in [0.15, 0.2) is 10.4 Å². The van der Waals surface area contributed by atoms with E-state index in [9.17, 15) is 14.9 Å². The number of furan rings is 1. The van der Waals surface area contributed by atoms with E-state index in [2.05, 4.69) is 31.4 Å². The van der Waals surface area contributed by atoms with Crippen molar-refractivity contribution in [2.24, 2.45) is 0 Å². The third-order valence-electron chi connectivity index (χ3n) is 2.97. The number of carbonyl (C=O) groups excluding carboxylic acids is 1. The summed E-state index contributed by atoms with van der Waals surface area (Å²) in [4.78, 5) is 22.0. The van der Waals surface area contributed by atoms with E-state index < -0.39 is 4.92 Å². The first-order chi connectivity index (χ1) is 11.5. The first-order valence-electron chi connectivity index (χ1n) is 6.63. The number of nitrogens with zero attached hydrogens (tertiary/aromatic N) is 3. The Bertz CT molecular complexity index is 887. The second-order valence-electron chi connectivity index (χ2n) is 4.66. The summed E-state index contributed by atoms with van der Waals surface area (Å²) in [6.45, 7) is 0. The van der Waals surface area contributed by atoms with Crippen molar-refractivity contribution >= 4 is 33.5 Å². The molecule has 0 spiro atoms. The summed E-state index contributed by atoms with van der Waals surface area (Å²) in [5.74, 6) is 0.108. The molecule has 9 nitrogen and oxygen atoms in total. The average Bonchev–Trinajstić information content (AvgIpc) is 3.16. The van der Waals surface area contributed by atoms with Crippen LogP contribution in [-0.2, 0) is 11.2 Å². The van der Waals surface area contributed by atoms with E-state index >= 15 is 0 Å². The molecule has 1 amide bonds. The maximum atomic E-state index is 11.9. The highest BCUT2D eigenvalue weighted by atomic mass is 79.9. The summed E-state index contributed by atoms with van der Waals surface area (Å²) < 4.78 is 11.1. The molecule has 0 aliphatic carbocycles. The molecule has 1 N–H and O–H groups in total. The van der Waals surface area contributed by atoms with Gasteiger partial charge < -0.3 is 8.83 Å². The number of non-ortho nitro benzene ring substituents is 1. The van der Waals surface area contributed by atoms with Gasteiger partial charge in [-0.1, -0.05) is 17.2 Å². The Hall–Kier alpha value is -3.01. The Labute approximate surface area is 143 Å². The van der Waals surface area contributed by atoms with Gasteiger partial charge >= 0.3 is 6.01 Å². The van der Waals surface area contributed by atoms with Crippen LogP contribution in [0.3, 0.4) is 0 Å². The maximum Gasteiger partial charge on any atom is 0.322 e. The Balaban J connectivity index is 1.62. The number of hydrogen-bond donors (Lipinski definition) is 1. The molecular weight excluding hydrogens is 384 g/mol. The van der Waals surface area contributed by atoms with E-state index in [-0.39, 0.29) is 29.9 Å². The maximum absolute atomic E-state index is 11.9. The quantitative estimate of drug-likeness (QED) is 0.521. The van der Waals surface area contributed by atoms with Crippen LogP contribution in [0.4, 0.5) is 11.7 Å². The van der Waals surface area contributed by atoms with Gasteiger partial charge in [0.25, 0.3) is 11.6 Å². The number of rotatable bonds is 5. The van der Waals surface area contributed by atoms with E-state index in [4.69, 9.17) is 8.83 Å². The number of nitrogens with one attached hydrogen (secondary N) is 1. The summed E-state index contributed by atoms with van der Waals surface area (Å²) in [6, 6.07) is 8.94. The van der Waals surface area contributed by atoms with Crippen LogP contribution in [0.2, 0.25) is 0 Å². The molecule has 0 unspecified atom stereocenters. The van der Waals surface area contributed by atoms with Crippen LogP contribution < -0.4 is 5.32 Å². The number of benzene rings is 1. The number of anilines is 1. The predicted molar refractivity (Wildman–Crippen MR) is 85.1 cm³/mol. The lowest BCUT2D eigenvalue weighted by atomic mass is 10.1. The number of halogens is 1. The van der Waals surface area contributed by atoms with Crippen molar-refractivity contribution in [1.82, 2.24) is 10.2 Å². The summed E-state index contributed by atoms with van der Waals surface area (Å²) in [5.41, 5.74) is 0.582. The Morgan fingerprint density at radius 3 is 2.54 bits per heavy atom. The molecule has 0 bridgehead atoms. The molecule has 0 saturated carbocycles. The molecule has 3 rings (SSSR count). The van der Waals surface area contributed by atoms with Crippen LogP contribution in [0.1, 0.15) is 5.56 Å². The van der Waals surface area contributed by atoms with Gasteiger partial charge in [-0.25, -0.2) is 0 Å². The molecule has 0 atom stereocenters. The van der Waals surface area contributed by atoms with Crippen LogP contribution >= 0.6 is 15.9 Å². The molecule has 2 aromatic heterocycles. The lowest BCUT2D eigenvalue weighted by molar-refractivity contribution is -0.384. The number of hydrogen-bond acceptors (Lipinski definition) is 7. The van der Waals surface area contributed by atoms with E-state index in [0.717, 1.165) is 0 Å². The van der Waals surface area contributed by atoms with Crippen LogP contribution in [0.25, 0.3) is 11.7 Å². The van der Waals surface area contributed by atoms with Gasteiger partial charge in [-0.15, -0.1) is 5.10 Å². The lowest BCUT2D eigenvalue weighted by Crippen LogP contribution is -2.14. The average molecular weight is 393 g/mol. The molecule has 2 heterocycles. The molecule has 1 aromatic carbocycles. The smallest absolute Gasteiger partial charge is 0.322 e. The molecule has 0 fully saturated rings. The van der Waals surface area contributed by atoms with Crippen molar-refractivity contribution in [2.75, 3.05) is 5.32 Å². The highest BCUT2D eigenvalue weighted by Crippen LogP contribution is 2.24. The standard InChI is InChI=1S/C14H9BrN4O5/c15-11-6-5-10(23-11)13-17-18-14(24-13)16-12(20)7-8-1-3-9(4-2-8)19(21)22/h1-6H,7H2,(H,16,18,20). The fourth-order valence-corrected chi connectivity index (χ4v) is 2.19. The second-order valence-corrected chi connectivity index (χ2v) is 5.45. The van der Waals surface area contributed by atoms with Crippen molar-refractivity contribution in [3.63, 3.8) is 0 Å². The third kappa shape index (κ3) is 3.66. The molecule has 10 heteroatoms. The minimum absolute atomic E-state index is 0.0159. The summed E-state index contributed by atoms with van der Waals surface area (Å²) >= 11 is 3.16. The van der Waals surface area contributed by atoms with Gasteiger partial charge in [0.2, 0.25) is 5.91 Å². The van der Waals surface area contributed by atoms with Gasteiger partial charge in [-0.3, -0.25) is 20.2 Å². The molecule has 0 radical (unpaired) electrons. The SMILES string of the molecule is O=C(Cc1ccc([N+](=O)[O-])cc1)Nc1nnc(-c2ccc(Br)o2)o1. The molecule has 0 aliphatic heterocycles. The van der Waals surface area contributed by atoms with Crippen molar-refractivity contribution < 1.29 is 18.6 Å². The number of carbonyl (C=O) groups is 1. The Kier molecular flexibility index (Phi) is 4.38. The molecular formula is C14H9BrN4O5. The molecule has 0 saturated heterocycles. The highest BCUT2D eigenvalue weighted by molar-refractivity contribution is 9.10. The van der Waals surface area contributed by atoms with E-state index in [1.165, 1.54) is 24.3 Å². The lowest BCUT2D eigenvalue weighted by Gasteiger charge is -2.00. The Morgan fingerprint density at radius 2 is 1.92 bits per heavy atom. The van der Waals surface area contributed by atoms with Crippen LogP contribution in [0.5, 0.6) is 0 Å². The normalized spacial score (nSPS) is 10.5. The van der Waals surface area contributed by atoms with E-state index in [0.29, 0.717) is 16.0 Å². The van der Waals surface area contributed by atoms with E-state index in [1.807, 2.05) is 0 Å². The minimum Gasteiger partial charge on any atom is -0.444 e. The predicted octanol–water partition coefficient (Wildman–Crippen LogP) is 3.18. The molecule has 3 aromatic rings. The number of nitro benzene ring substituents is 1. The second kappa shape index (κ2) is 6.62. The fourth-order valence-electron chi connectivity index (χ4n) is 1.89. The first-order valence-corrected chi connectivity index (χ1v) is 7.43. The largest absolute Gasteiger partial charge is 0.444 e. The Morgan fingerprint density at radius 1 is 1.17 bits per heavy atom. The zero-order chi connectivity index (χ0) is 17.1. The number of amides is 1. The summed E-state index contributed by atoms with van der Waals surface area (Å²) in [5, 5.41) is 20.5. The number of aromatic nitrogens is 2. The van der Waals surface area contributed by atoms with Crippen molar-refractivity contribution in [3.05, 3.63) is 56.7 Å². The number of nitro groups is 1. The van der Waals surface area contributed by atoms with Gasteiger partial charge in [0, 0.05) is 12.1 Å². The van der Waals surface area contributed by atoms with E-state index in [1.54, 1.807) is 12.1 Å². The zero-order valence-electron chi connectivity index (χ0n) is 11.9. The topological polar surface area (TPSA) is 124 Å². The van der Waals surface area contributed by atoms with Gasteiger partial charge in [-0.05, 0) is 33.6 Å². The van der Waals surface area contributed by atoms with Crippen molar-refractivity contribution in [1.29, 1.82) is 0 Å². The van der Waals surface area contributed by atoms with Gasteiger partial charge in [0.05, 0.1) is 11.3 Å². The highest BCUT2D eigenvalue weighted by Gasteiger charge is 2.14. The molecule has 0 aliphatic rings. The summed E-state index contributed by atoms with van der Waals surface area (Å²) in [7, 11) is 0. The fraction of sp³-hybridized carbons (Fsp3) is 0.0714. The first kappa shape index (κ1) is 15.9. The molecule has 24 heavy (non-hydrogen) atoms. The minimum atomic E-state index is -0.503. The van der Waals surface area contributed by atoms with Crippen LogP contribution in [-0.4, -0.2) is 21.0 Å². The monoisotopic (exact) mass is 392 g/mol. The summed E-state index contributed by atoms with van der Waals surface area (Å²) in [6.07, 6.45) is 0.0159. The third-order valence-corrected chi connectivity index (χ3v) is 3.39. The zero-order valence-corrected chi connectivity index (χ0v) is 13.5. The van der Waals surface area contributed by atoms with Gasteiger partial charge in [-0.2, -0.15) is 0 Å². The van der Waals surface area contributed by atoms with Crippen LogP contribution in [0.15, 0.2) is 49.9 Å². The molecule has 122 valence electrons. The van der Waals surface area contributed by atoms with Crippen LogP contribution in [0, 0.1) is 10.1 Å². The van der Waals surface area contributed by atoms with Gasteiger partial charge in [0.1, 0.15) is 0 Å². The van der Waals surface area contributed by atoms with Crippen molar-refractivity contribution in [3.8, 4) is 11.7 Å².